The van der Waals surface area contributed by atoms with Crippen molar-refractivity contribution in [1.82, 2.24) is 9.55 Å². The van der Waals surface area contributed by atoms with Gasteiger partial charge in [-0.25, -0.2) is 4.79 Å². The Morgan fingerprint density at radius 1 is 1.67 bits per heavy atom. The van der Waals surface area contributed by atoms with E-state index in [-0.39, 0.29) is 30.5 Å². The second-order valence-corrected chi connectivity index (χ2v) is 5.04. The number of aryl methyl sites for hydroxylation is 1. The van der Waals surface area contributed by atoms with Crippen LogP contribution in [0.15, 0.2) is 16.1 Å². The zero-order chi connectivity index (χ0) is 15.6. The van der Waals surface area contributed by atoms with E-state index in [0.717, 1.165) is 0 Å². The highest BCUT2D eigenvalue weighted by Gasteiger charge is 2.43. The molecule has 9 heteroatoms. The van der Waals surface area contributed by atoms with Crippen LogP contribution < -0.4 is 11.4 Å². The van der Waals surface area contributed by atoms with E-state index in [0.29, 0.717) is 5.56 Å². The number of azide groups is 1. The van der Waals surface area contributed by atoms with Crippen LogP contribution in [0, 0.1) is 12.8 Å². The van der Waals surface area contributed by atoms with Crippen LogP contribution in [0.3, 0.4) is 0 Å². The third-order valence-electron chi connectivity index (χ3n) is 3.74. The van der Waals surface area contributed by atoms with Crippen LogP contribution in [0.25, 0.3) is 10.4 Å². The average Bonchev–Trinajstić information content (AvgIpc) is 2.76. The minimum absolute atomic E-state index is 0.0322. The standard InChI is InChI=1S/C12H18N6O3/c1-6-5-18(12(19)16-10(6)13)11-9(20-3)7(2)8(21-11)4-15-17-14/h5,7-9,11H,4H2,1-3H3,(H2,13,16,19)/t7-,8?,9+,11?/m1/s1. The summed E-state index contributed by atoms with van der Waals surface area (Å²) in [5.74, 6) is 0.164. The topological polar surface area (TPSA) is 128 Å². The summed E-state index contributed by atoms with van der Waals surface area (Å²) in [5, 5.41) is 3.53. The molecule has 4 atom stereocenters. The highest BCUT2D eigenvalue weighted by atomic mass is 16.6. The van der Waals surface area contributed by atoms with E-state index in [1.165, 1.54) is 4.57 Å². The van der Waals surface area contributed by atoms with Gasteiger partial charge in [0, 0.05) is 29.7 Å². The predicted molar refractivity (Wildman–Crippen MR) is 75.5 cm³/mol. The normalized spacial score (nSPS) is 28.3. The SMILES string of the molecule is CO[C@@H]1C(n2cc(C)c(N)nc2=O)OC(CN=[N+]=[N-])[C@H]1C. The van der Waals surface area contributed by atoms with Gasteiger partial charge in [0.25, 0.3) is 0 Å². The third kappa shape index (κ3) is 2.85. The molecule has 0 radical (unpaired) electrons. The van der Waals surface area contributed by atoms with Gasteiger partial charge in [-0.3, -0.25) is 4.57 Å². The van der Waals surface area contributed by atoms with Crippen LogP contribution in [0.2, 0.25) is 0 Å². The minimum Gasteiger partial charge on any atom is -0.383 e. The molecule has 0 bridgehead atoms. The number of hydrogen-bond donors (Lipinski definition) is 1. The molecule has 2 heterocycles. The lowest BCUT2D eigenvalue weighted by Crippen LogP contribution is -2.34. The molecular weight excluding hydrogens is 276 g/mol. The van der Waals surface area contributed by atoms with Gasteiger partial charge in [-0.2, -0.15) is 4.98 Å². The Labute approximate surface area is 121 Å². The first-order chi connectivity index (χ1) is 9.99. The number of anilines is 1. The molecule has 1 aliphatic heterocycles. The molecule has 0 amide bonds. The maximum Gasteiger partial charge on any atom is 0.351 e. The molecule has 114 valence electrons. The Balaban J connectivity index is 2.36. The predicted octanol–water partition coefficient (Wildman–Crippen LogP) is 0.993. The van der Waals surface area contributed by atoms with E-state index in [1.54, 1.807) is 20.2 Å². The second kappa shape index (κ2) is 6.13. The number of hydrogen-bond acceptors (Lipinski definition) is 6. The molecule has 0 saturated carbocycles. The van der Waals surface area contributed by atoms with Crippen molar-refractivity contribution in [2.24, 2.45) is 11.0 Å². The van der Waals surface area contributed by atoms with Crippen molar-refractivity contribution in [3.63, 3.8) is 0 Å². The Hall–Kier alpha value is -2.09. The molecule has 1 saturated heterocycles. The molecule has 9 nitrogen and oxygen atoms in total. The molecular formula is C12H18N6O3. The molecule has 21 heavy (non-hydrogen) atoms. The molecule has 0 aromatic carbocycles. The third-order valence-corrected chi connectivity index (χ3v) is 3.74. The maximum atomic E-state index is 12.0. The Kier molecular flexibility index (Phi) is 4.46. The Bertz CT molecular complexity index is 624. The van der Waals surface area contributed by atoms with Gasteiger partial charge < -0.3 is 15.2 Å². The molecule has 1 aromatic rings. The van der Waals surface area contributed by atoms with Gasteiger partial charge in [0.1, 0.15) is 11.9 Å². The van der Waals surface area contributed by atoms with E-state index in [4.69, 9.17) is 20.7 Å². The monoisotopic (exact) mass is 294 g/mol. The summed E-state index contributed by atoms with van der Waals surface area (Å²) in [4.78, 5) is 18.5. The lowest BCUT2D eigenvalue weighted by molar-refractivity contribution is -0.0506. The number of nitrogens with zero attached hydrogens (tertiary/aromatic N) is 5. The fraction of sp³-hybridized carbons (Fsp3) is 0.667. The fourth-order valence-corrected chi connectivity index (χ4v) is 2.49. The fourth-order valence-electron chi connectivity index (χ4n) is 2.49. The lowest BCUT2D eigenvalue weighted by atomic mass is 10.0. The summed E-state index contributed by atoms with van der Waals surface area (Å²) in [5.41, 5.74) is 14.2. The van der Waals surface area contributed by atoms with E-state index in [9.17, 15) is 4.79 Å². The zero-order valence-corrected chi connectivity index (χ0v) is 12.1. The van der Waals surface area contributed by atoms with Crippen LogP contribution >= 0.6 is 0 Å². The van der Waals surface area contributed by atoms with Crippen molar-refractivity contribution in [3.05, 3.63) is 32.7 Å². The van der Waals surface area contributed by atoms with Crippen molar-refractivity contribution < 1.29 is 9.47 Å². The van der Waals surface area contributed by atoms with Crippen LogP contribution in [0.5, 0.6) is 0 Å². The molecule has 1 aliphatic rings. The summed E-state index contributed by atoms with van der Waals surface area (Å²) in [6.07, 6.45) is 0.319. The van der Waals surface area contributed by atoms with Crippen LogP contribution in [-0.2, 0) is 9.47 Å². The van der Waals surface area contributed by atoms with Crippen LogP contribution in [0.1, 0.15) is 18.7 Å². The van der Waals surface area contributed by atoms with Crippen LogP contribution in [0.4, 0.5) is 5.82 Å². The molecule has 2 rings (SSSR count). The summed E-state index contributed by atoms with van der Waals surface area (Å²) in [7, 11) is 1.55. The van der Waals surface area contributed by atoms with Gasteiger partial charge in [0.2, 0.25) is 0 Å². The highest BCUT2D eigenvalue weighted by Crippen LogP contribution is 2.35. The molecule has 2 N–H and O–H groups in total. The molecule has 1 aromatic heterocycles. The summed E-state index contributed by atoms with van der Waals surface area (Å²) in [6, 6.07) is 0. The number of nitrogens with two attached hydrogens (primary N) is 1. The number of nitrogen functional groups attached to an aromatic ring is 1. The molecule has 1 fully saturated rings. The smallest absolute Gasteiger partial charge is 0.351 e. The first kappa shape index (κ1) is 15.3. The number of methoxy groups -OCH3 is 1. The summed E-state index contributed by atoms with van der Waals surface area (Å²) < 4.78 is 12.6. The van der Waals surface area contributed by atoms with Gasteiger partial charge >= 0.3 is 5.69 Å². The van der Waals surface area contributed by atoms with E-state index in [2.05, 4.69) is 15.0 Å². The molecule has 0 spiro atoms. The average molecular weight is 294 g/mol. The number of rotatable bonds is 4. The van der Waals surface area contributed by atoms with E-state index >= 15 is 0 Å². The van der Waals surface area contributed by atoms with Gasteiger partial charge in [-0.05, 0) is 12.5 Å². The molecule has 0 aliphatic carbocycles. The van der Waals surface area contributed by atoms with Gasteiger partial charge in [-0.15, -0.1) is 0 Å². The van der Waals surface area contributed by atoms with Crippen molar-refractivity contribution in [1.29, 1.82) is 0 Å². The van der Waals surface area contributed by atoms with Crippen molar-refractivity contribution in [2.45, 2.75) is 32.3 Å². The summed E-state index contributed by atoms with van der Waals surface area (Å²) >= 11 is 0. The quantitative estimate of drug-likeness (QED) is 0.503. The first-order valence-corrected chi connectivity index (χ1v) is 6.54. The minimum atomic E-state index is -0.622. The zero-order valence-electron chi connectivity index (χ0n) is 12.1. The Morgan fingerprint density at radius 3 is 3.00 bits per heavy atom. The van der Waals surface area contributed by atoms with Gasteiger partial charge in [-0.1, -0.05) is 12.0 Å². The van der Waals surface area contributed by atoms with Crippen molar-refractivity contribution in [2.75, 3.05) is 19.4 Å². The van der Waals surface area contributed by atoms with Gasteiger partial charge in [0.05, 0.1) is 12.6 Å². The van der Waals surface area contributed by atoms with E-state index < -0.39 is 11.9 Å². The largest absolute Gasteiger partial charge is 0.383 e. The highest BCUT2D eigenvalue weighted by molar-refractivity contribution is 5.35. The van der Waals surface area contributed by atoms with Crippen molar-refractivity contribution in [3.8, 4) is 0 Å². The number of aromatic nitrogens is 2. The van der Waals surface area contributed by atoms with Gasteiger partial charge in [0.15, 0.2) is 6.23 Å². The van der Waals surface area contributed by atoms with Crippen molar-refractivity contribution >= 4 is 5.82 Å². The maximum absolute atomic E-state index is 12.0. The van der Waals surface area contributed by atoms with E-state index in [1.807, 2.05) is 6.92 Å². The lowest BCUT2D eigenvalue weighted by Gasteiger charge is -2.21. The Morgan fingerprint density at radius 2 is 2.38 bits per heavy atom. The molecule has 2 unspecified atom stereocenters. The first-order valence-electron chi connectivity index (χ1n) is 6.54. The summed E-state index contributed by atoms with van der Waals surface area (Å²) in [6.45, 7) is 3.87. The number of ether oxygens (including phenoxy) is 2. The second-order valence-electron chi connectivity index (χ2n) is 5.04. The van der Waals surface area contributed by atoms with Crippen LogP contribution in [-0.4, -0.2) is 35.4 Å².